The average molecular weight is 801 g/mol. The summed E-state index contributed by atoms with van der Waals surface area (Å²) >= 11 is -1.86. The second-order valence-electron chi connectivity index (χ2n) is 12.0. The number of hydrogen-bond acceptors (Lipinski definition) is 2. The molecule has 0 spiro atoms. The van der Waals surface area contributed by atoms with Crippen molar-refractivity contribution in [1.29, 1.82) is 0 Å². The second kappa shape index (κ2) is 19.0. The summed E-state index contributed by atoms with van der Waals surface area (Å²) in [4.78, 5) is 0. The Balaban J connectivity index is 0.00000270. The molecule has 7 heteroatoms. The van der Waals surface area contributed by atoms with Crippen molar-refractivity contribution in [3.05, 3.63) is 169 Å². The van der Waals surface area contributed by atoms with Crippen molar-refractivity contribution in [3.63, 3.8) is 0 Å². The standard InChI is InChI=1S/2C21H21OP.2ClH.Zr/c2*1-16(2)19-14-9-15-20(21(19)22)23(17-10-5-3-6-11-17)18-12-7-4-8-13-18;;;/h2*3-16,22H,1-2H3;2*1H;/q;;;;+4/p-4. The Bertz CT molecular complexity index is 1660. The fraction of sp³-hybridized carbons (Fsp3) is 0.143. The first-order chi connectivity index (χ1) is 23.0. The average Bonchev–Trinajstić information content (AvgIpc) is 3.11. The van der Waals surface area contributed by atoms with Crippen LogP contribution in [0, 0.1) is 0 Å². The van der Waals surface area contributed by atoms with Gasteiger partial charge in [-0.05, 0) is 0 Å². The van der Waals surface area contributed by atoms with Crippen LogP contribution in [0.1, 0.15) is 50.7 Å². The van der Waals surface area contributed by atoms with E-state index in [-0.39, 0.29) is 24.8 Å². The van der Waals surface area contributed by atoms with E-state index in [0.29, 0.717) is 11.8 Å². The van der Waals surface area contributed by atoms with Crippen LogP contribution in [0.4, 0.5) is 0 Å². The maximum atomic E-state index is 7.01. The van der Waals surface area contributed by atoms with Crippen molar-refractivity contribution >= 4 is 47.7 Å². The summed E-state index contributed by atoms with van der Waals surface area (Å²) in [5.41, 5.74) is 2.47. The summed E-state index contributed by atoms with van der Waals surface area (Å²) in [7, 11) is -1.64. The van der Waals surface area contributed by atoms with Crippen molar-refractivity contribution in [1.82, 2.24) is 0 Å². The number of hydrogen-bond donors (Lipinski definition) is 0. The van der Waals surface area contributed by atoms with Crippen molar-refractivity contribution in [3.8, 4) is 11.5 Å². The molecule has 248 valence electrons. The van der Waals surface area contributed by atoms with Gasteiger partial charge >= 0.3 is 297 Å². The van der Waals surface area contributed by atoms with Gasteiger partial charge in [0, 0.05) is 0 Å². The van der Waals surface area contributed by atoms with Gasteiger partial charge in [-0.25, -0.2) is 0 Å². The Morgan fingerprint density at radius 2 is 0.673 bits per heavy atom. The third-order valence-electron chi connectivity index (χ3n) is 8.12. The molecule has 6 aromatic carbocycles. The first kappa shape index (κ1) is 39.0. The van der Waals surface area contributed by atoms with Crippen molar-refractivity contribution < 1.29 is 54.6 Å². The zero-order chi connectivity index (χ0) is 32.6. The third-order valence-corrected chi connectivity index (χ3v) is 14.5. The molecular weight excluding hydrogens is 761 g/mol. The number of halogens is 2. The predicted octanol–water partition coefficient (Wildman–Crippen LogP) is 2.83. The molecule has 0 fully saturated rings. The van der Waals surface area contributed by atoms with Crippen LogP contribution in [0.5, 0.6) is 11.5 Å². The maximum absolute atomic E-state index is 7.01. The van der Waals surface area contributed by atoms with Gasteiger partial charge in [0.25, 0.3) is 0 Å². The number of para-hydroxylation sites is 2. The van der Waals surface area contributed by atoms with Crippen LogP contribution >= 0.6 is 15.8 Å². The minimum Gasteiger partial charge on any atom is -1.00 e. The summed E-state index contributed by atoms with van der Waals surface area (Å²) in [6, 6.07) is 56.9. The summed E-state index contributed by atoms with van der Waals surface area (Å²) in [6.07, 6.45) is 0. The van der Waals surface area contributed by atoms with Crippen LogP contribution < -0.4 is 62.3 Å². The van der Waals surface area contributed by atoms with E-state index in [2.05, 4.69) is 185 Å². The minimum atomic E-state index is -1.86. The Kier molecular flexibility index (Phi) is 15.1. The molecule has 6 rings (SSSR count). The minimum absolute atomic E-state index is 0. The molecule has 0 saturated heterocycles. The topological polar surface area (TPSA) is 18.5 Å². The predicted molar refractivity (Wildman–Crippen MR) is 200 cm³/mol. The van der Waals surface area contributed by atoms with E-state index in [9.17, 15) is 0 Å². The third kappa shape index (κ3) is 9.33. The molecule has 0 aliphatic heterocycles. The molecule has 6 aromatic rings. The van der Waals surface area contributed by atoms with Crippen LogP contribution in [-0.2, 0) is 24.1 Å². The number of benzene rings is 6. The van der Waals surface area contributed by atoms with Crippen LogP contribution in [0.3, 0.4) is 0 Å². The summed E-state index contributed by atoms with van der Waals surface area (Å²) in [5.74, 6) is 2.64. The summed E-state index contributed by atoms with van der Waals surface area (Å²) < 4.78 is 14.0. The molecule has 0 radical (unpaired) electrons. The monoisotopic (exact) mass is 798 g/mol. The Labute approximate surface area is 319 Å². The molecule has 49 heavy (non-hydrogen) atoms. The van der Waals surface area contributed by atoms with Gasteiger partial charge in [-0.3, -0.25) is 0 Å². The molecule has 0 unspecified atom stereocenters. The van der Waals surface area contributed by atoms with Gasteiger partial charge in [-0.1, -0.05) is 0 Å². The van der Waals surface area contributed by atoms with Gasteiger partial charge in [0.05, 0.1) is 0 Å². The van der Waals surface area contributed by atoms with Crippen LogP contribution in [-0.4, -0.2) is 0 Å². The Hall–Kier alpha value is -2.76. The molecular formula is C42H40Cl2O2P2Zr. The molecule has 2 nitrogen and oxygen atoms in total. The van der Waals surface area contributed by atoms with E-state index >= 15 is 0 Å². The van der Waals surface area contributed by atoms with Crippen LogP contribution in [0.25, 0.3) is 0 Å². The Morgan fingerprint density at radius 1 is 0.388 bits per heavy atom. The van der Waals surface area contributed by atoms with E-state index in [1.165, 1.54) is 43.0 Å². The van der Waals surface area contributed by atoms with Crippen molar-refractivity contribution in [2.75, 3.05) is 0 Å². The molecule has 0 aliphatic rings. The fourth-order valence-corrected chi connectivity index (χ4v) is 12.7. The molecule has 0 saturated carbocycles. The summed E-state index contributed by atoms with van der Waals surface area (Å²) in [5, 5.41) is 7.76. The first-order valence-corrected chi connectivity index (χ1v) is 20.9. The van der Waals surface area contributed by atoms with Crippen LogP contribution in [0.2, 0.25) is 0 Å². The van der Waals surface area contributed by atoms with Crippen molar-refractivity contribution in [2.24, 2.45) is 0 Å². The van der Waals surface area contributed by atoms with Gasteiger partial charge < -0.3 is 24.8 Å². The molecule has 0 bridgehead atoms. The molecule has 0 amide bonds. The smallest absolute Gasteiger partial charge is 1.00 e. The largest absolute Gasteiger partial charge is 1.00 e. The Morgan fingerprint density at radius 3 is 0.939 bits per heavy atom. The molecule has 0 N–H and O–H groups in total. The van der Waals surface area contributed by atoms with Gasteiger partial charge in [-0.15, -0.1) is 0 Å². The first-order valence-electron chi connectivity index (χ1n) is 16.2. The van der Waals surface area contributed by atoms with Gasteiger partial charge in [-0.2, -0.15) is 0 Å². The zero-order valence-corrected chi connectivity index (χ0v) is 33.9. The fourth-order valence-electron chi connectivity index (χ4n) is 5.84. The SMILES string of the molecule is CC(C)c1cccc(P(c2ccccc2)c2ccccc2)c1[O][Zr+2][O]c1c(C(C)C)cccc1P(c1ccccc1)c1ccccc1.[Cl-].[Cl-]. The van der Waals surface area contributed by atoms with Crippen molar-refractivity contribution in [2.45, 2.75) is 39.5 Å². The van der Waals surface area contributed by atoms with E-state index in [0.717, 1.165) is 11.5 Å². The maximum Gasteiger partial charge on any atom is -1.00 e. The molecule has 0 heterocycles. The van der Waals surface area contributed by atoms with Gasteiger partial charge in [0.1, 0.15) is 0 Å². The quantitative estimate of drug-likeness (QED) is 0.178. The normalized spacial score (nSPS) is 10.8. The zero-order valence-electron chi connectivity index (χ0n) is 28.1. The summed E-state index contributed by atoms with van der Waals surface area (Å²) in [6.45, 7) is 9.02. The number of rotatable bonds is 12. The second-order valence-corrected chi connectivity index (χ2v) is 17.8. The van der Waals surface area contributed by atoms with Gasteiger partial charge in [0.15, 0.2) is 0 Å². The van der Waals surface area contributed by atoms with E-state index in [1.807, 2.05) is 0 Å². The van der Waals surface area contributed by atoms with Crippen LogP contribution in [0.15, 0.2) is 158 Å². The molecule has 0 aromatic heterocycles. The van der Waals surface area contributed by atoms with E-state index < -0.39 is 40.0 Å². The molecule has 0 aliphatic carbocycles. The van der Waals surface area contributed by atoms with E-state index in [4.69, 9.17) is 5.63 Å². The van der Waals surface area contributed by atoms with Gasteiger partial charge in [0.2, 0.25) is 0 Å². The van der Waals surface area contributed by atoms with E-state index in [1.54, 1.807) is 0 Å². The molecule has 0 atom stereocenters.